The highest BCUT2D eigenvalue weighted by Gasteiger charge is 2.70. The number of Topliss-reactive ketones (excluding diaryl/α,β-unsaturated/α-hetero) is 2. The van der Waals surface area contributed by atoms with E-state index in [1.165, 1.54) is 0 Å². The van der Waals surface area contributed by atoms with Gasteiger partial charge in [0, 0.05) is 23.0 Å². The third-order valence-corrected chi connectivity index (χ3v) is 9.09. The number of hydrogen-bond acceptors (Lipinski definition) is 6. The van der Waals surface area contributed by atoms with Crippen molar-refractivity contribution in [1.29, 1.82) is 0 Å². The van der Waals surface area contributed by atoms with Crippen molar-refractivity contribution in [3.8, 4) is 11.5 Å². The minimum atomic E-state index is -1.38. The monoisotopic (exact) mass is 584 g/mol. The molecule has 220 valence electrons. The lowest BCUT2D eigenvalue weighted by molar-refractivity contribution is -0.122. The van der Waals surface area contributed by atoms with Crippen molar-refractivity contribution in [2.75, 3.05) is 19.0 Å². The van der Waals surface area contributed by atoms with Crippen LogP contribution in [0, 0.1) is 5.92 Å². The van der Waals surface area contributed by atoms with Crippen LogP contribution in [0.2, 0.25) is 0 Å². The molecule has 1 amide bonds. The molecule has 0 bridgehead atoms. The number of carbonyl (C=O) groups excluding carboxylic acids is 3. The average Bonchev–Trinajstić information content (AvgIpc) is 3.55. The van der Waals surface area contributed by atoms with E-state index in [9.17, 15) is 14.4 Å². The SMILES string of the molecule is CCCOc1ccc(C(=O)[C@@H]2[C@H](C(=O)c3cccc(OC)c3)N3C=Cc4ccccc4[C@@H]3[C@@]23C(=O)Nc2ccccc23)cc1. The van der Waals surface area contributed by atoms with E-state index in [0.29, 0.717) is 40.5 Å². The van der Waals surface area contributed by atoms with E-state index < -0.39 is 23.4 Å². The van der Waals surface area contributed by atoms with Gasteiger partial charge in [-0.2, -0.15) is 0 Å². The molecule has 0 saturated carbocycles. The van der Waals surface area contributed by atoms with Gasteiger partial charge in [-0.1, -0.05) is 61.5 Å². The normalized spacial score (nSPS) is 22.6. The predicted octanol–water partition coefficient (Wildman–Crippen LogP) is 6.47. The van der Waals surface area contributed by atoms with Crippen LogP contribution in [0.3, 0.4) is 0 Å². The van der Waals surface area contributed by atoms with Crippen LogP contribution >= 0.6 is 0 Å². The first-order valence-electron chi connectivity index (χ1n) is 14.9. The summed E-state index contributed by atoms with van der Waals surface area (Å²) in [7, 11) is 1.55. The van der Waals surface area contributed by atoms with Gasteiger partial charge in [-0.05, 0) is 71.7 Å². The van der Waals surface area contributed by atoms with Crippen LogP contribution in [-0.4, -0.2) is 42.1 Å². The molecule has 3 heterocycles. The van der Waals surface area contributed by atoms with Crippen LogP contribution in [0.25, 0.3) is 6.08 Å². The summed E-state index contributed by atoms with van der Waals surface area (Å²) in [5.41, 5.74) is 2.64. The van der Waals surface area contributed by atoms with Crippen molar-refractivity contribution in [3.63, 3.8) is 0 Å². The van der Waals surface area contributed by atoms with Crippen LogP contribution in [0.5, 0.6) is 11.5 Å². The summed E-state index contributed by atoms with van der Waals surface area (Å²) in [6.45, 7) is 2.60. The van der Waals surface area contributed by atoms with Crippen LogP contribution in [0.1, 0.15) is 56.8 Å². The van der Waals surface area contributed by atoms with E-state index in [4.69, 9.17) is 9.47 Å². The number of ether oxygens (including phenoxy) is 2. The summed E-state index contributed by atoms with van der Waals surface area (Å²) < 4.78 is 11.2. The van der Waals surface area contributed by atoms with E-state index in [2.05, 4.69) is 5.32 Å². The summed E-state index contributed by atoms with van der Waals surface area (Å²) in [6.07, 6.45) is 4.69. The molecule has 4 aromatic rings. The molecule has 1 N–H and O–H groups in total. The maximum Gasteiger partial charge on any atom is 0.238 e. The summed E-state index contributed by atoms with van der Waals surface area (Å²) >= 11 is 0. The highest BCUT2D eigenvalue weighted by atomic mass is 16.5. The summed E-state index contributed by atoms with van der Waals surface area (Å²) in [5.74, 6) is -0.677. The zero-order valence-corrected chi connectivity index (χ0v) is 24.5. The number of benzene rings is 4. The largest absolute Gasteiger partial charge is 0.497 e. The van der Waals surface area contributed by atoms with Gasteiger partial charge in [-0.3, -0.25) is 14.4 Å². The van der Waals surface area contributed by atoms with Crippen molar-refractivity contribution in [2.24, 2.45) is 5.92 Å². The lowest BCUT2D eigenvalue weighted by Crippen LogP contribution is -2.49. The van der Waals surface area contributed by atoms with Gasteiger partial charge in [0.25, 0.3) is 0 Å². The lowest BCUT2D eigenvalue weighted by Gasteiger charge is -2.38. The van der Waals surface area contributed by atoms with Gasteiger partial charge in [0.15, 0.2) is 11.6 Å². The van der Waals surface area contributed by atoms with Gasteiger partial charge in [-0.15, -0.1) is 0 Å². The fraction of sp³-hybridized carbons (Fsp3) is 0.216. The molecule has 3 aliphatic rings. The molecule has 0 radical (unpaired) electrons. The number of anilines is 1. The second-order valence-corrected chi connectivity index (χ2v) is 11.4. The predicted molar refractivity (Wildman–Crippen MR) is 168 cm³/mol. The summed E-state index contributed by atoms with van der Waals surface area (Å²) in [4.78, 5) is 46.2. The van der Waals surface area contributed by atoms with Gasteiger partial charge in [-0.25, -0.2) is 0 Å². The van der Waals surface area contributed by atoms with Crippen molar-refractivity contribution in [3.05, 3.63) is 131 Å². The molecule has 7 rings (SSSR count). The molecule has 1 saturated heterocycles. The lowest BCUT2D eigenvalue weighted by atomic mass is 9.62. The Morgan fingerprint density at radius 2 is 1.64 bits per heavy atom. The molecule has 0 aromatic heterocycles. The molecular weight excluding hydrogens is 552 g/mol. The Morgan fingerprint density at radius 1 is 0.864 bits per heavy atom. The Bertz CT molecular complexity index is 1810. The second kappa shape index (κ2) is 10.8. The fourth-order valence-corrected chi connectivity index (χ4v) is 7.23. The molecule has 4 aromatic carbocycles. The second-order valence-electron chi connectivity index (χ2n) is 11.4. The van der Waals surface area contributed by atoms with E-state index in [0.717, 1.165) is 17.5 Å². The van der Waals surface area contributed by atoms with Crippen LogP contribution < -0.4 is 14.8 Å². The Balaban J connectivity index is 1.47. The van der Waals surface area contributed by atoms with Crippen LogP contribution in [-0.2, 0) is 10.2 Å². The molecule has 44 heavy (non-hydrogen) atoms. The topological polar surface area (TPSA) is 84.9 Å². The average molecular weight is 585 g/mol. The molecule has 1 fully saturated rings. The minimum Gasteiger partial charge on any atom is -0.497 e. The first-order chi connectivity index (χ1) is 21.5. The smallest absolute Gasteiger partial charge is 0.238 e. The molecular formula is C37H32N2O5. The van der Waals surface area contributed by atoms with E-state index in [-0.39, 0.29) is 17.5 Å². The maximum absolute atomic E-state index is 15.0. The zero-order valence-electron chi connectivity index (χ0n) is 24.5. The highest BCUT2D eigenvalue weighted by Crippen LogP contribution is 2.62. The van der Waals surface area contributed by atoms with Gasteiger partial charge in [0.1, 0.15) is 23.0 Å². The minimum absolute atomic E-state index is 0.256. The first-order valence-corrected chi connectivity index (χ1v) is 14.9. The summed E-state index contributed by atoms with van der Waals surface area (Å²) in [5, 5.41) is 3.09. The standard InChI is InChI=1S/C37H32N2O5/c1-3-21-44-26-17-15-24(16-18-26)33(40)31-32(34(41)25-10-8-11-27(22-25)43-2)39-20-19-23-9-4-5-12-28(23)35(39)37(31)29-13-6-7-14-30(29)38-36(37)42/h4-20,22,31-32,35H,3,21H2,1-2H3,(H,38,42)/t31-,32+,35+,37-/m0/s1. The van der Waals surface area contributed by atoms with Crippen molar-refractivity contribution < 1.29 is 23.9 Å². The van der Waals surface area contributed by atoms with E-state index in [1.807, 2.05) is 72.6 Å². The molecule has 7 heteroatoms. The molecule has 1 spiro atoms. The number of rotatable bonds is 8. The number of hydrogen-bond donors (Lipinski definition) is 1. The molecule has 4 atom stereocenters. The number of ketones is 2. The molecule has 3 aliphatic heterocycles. The van der Waals surface area contributed by atoms with Gasteiger partial charge in [0.05, 0.1) is 25.7 Å². The van der Waals surface area contributed by atoms with E-state index >= 15 is 0 Å². The Kier molecular flexibility index (Phi) is 6.81. The highest BCUT2D eigenvalue weighted by molar-refractivity contribution is 6.16. The van der Waals surface area contributed by atoms with Crippen LogP contribution in [0.4, 0.5) is 5.69 Å². The maximum atomic E-state index is 15.0. The van der Waals surface area contributed by atoms with Crippen LogP contribution in [0.15, 0.2) is 103 Å². The fourth-order valence-electron chi connectivity index (χ4n) is 7.23. The number of nitrogens with one attached hydrogen (secondary N) is 1. The Morgan fingerprint density at radius 3 is 2.43 bits per heavy atom. The van der Waals surface area contributed by atoms with Gasteiger partial charge < -0.3 is 19.7 Å². The molecule has 0 aliphatic carbocycles. The number of nitrogens with zero attached hydrogens (tertiary/aromatic N) is 1. The van der Waals surface area contributed by atoms with Gasteiger partial charge in [0.2, 0.25) is 5.91 Å². The number of para-hydroxylation sites is 1. The van der Waals surface area contributed by atoms with E-state index in [1.54, 1.807) is 55.6 Å². The van der Waals surface area contributed by atoms with Crippen molar-refractivity contribution in [2.45, 2.75) is 30.8 Å². The quantitative estimate of drug-likeness (QED) is 0.239. The number of methoxy groups -OCH3 is 1. The molecule has 0 unspecified atom stereocenters. The number of fused-ring (bicyclic) bond motifs is 6. The Labute approximate surface area is 256 Å². The van der Waals surface area contributed by atoms with Gasteiger partial charge >= 0.3 is 0 Å². The summed E-state index contributed by atoms with van der Waals surface area (Å²) in [6, 6.07) is 27.8. The molecule has 7 nitrogen and oxygen atoms in total. The van der Waals surface area contributed by atoms with Crippen molar-refractivity contribution in [1.82, 2.24) is 4.90 Å². The third kappa shape index (κ3) is 4.07. The third-order valence-electron chi connectivity index (χ3n) is 9.09. The zero-order chi connectivity index (χ0) is 30.4. The van der Waals surface area contributed by atoms with Crippen molar-refractivity contribution >= 4 is 29.2 Å². The first kappa shape index (κ1) is 27.7. The number of amides is 1. The Hall–Kier alpha value is -5.17. The number of carbonyl (C=O) groups is 3.